The SMILES string of the molecule is COCC(=O)NC(=O)C1(N)CC1. The summed E-state index contributed by atoms with van der Waals surface area (Å²) in [7, 11) is 1.39. The van der Waals surface area contributed by atoms with Crippen LogP contribution in [0.1, 0.15) is 12.8 Å². The summed E-state index contributed by atoms with van der Waals surface area (Å²) in [6.07, 6.45) is 1.30. The molecule has 0 aromatic rings. The van der Waals surface area contributed by atoms with Crippen LogP contribution in [0.5, 0.6) is 0 Å². The van der Waals surface area contributed by atoms with Crippen LogP contribution in [-0.4, -0.2) is 31.1 Å². The van der Waals surface area contributed by atoms with Crippen LogP contribution in [0.4, 0.5) is 0 Å². The number of amides is 2. The third kappa shape index (κ3) is 2.02. The maximum Gasteiger partial charge on any atom is 0.252 e. The van der Waals surface area contributed by atoms with Gasteiger partial charge in [-0.25, -0.2) is 0 Å². The summed E-state index contributed by atoms with van der Waals surface area (Å²) in [5.74, 6) is -0.844. The Hall–Kier alpha value is -0.940. The first kappa shape index (κ1) is 9.15. The Balaban J connectivity index is 2.31. The highest BCUT2D eigenvalue weighted by Crippen LogP contribution is 2.31. The van der Waals surface area contributed by atoms with E-state index in [0.29, 0.717) is 12.8 Å². The monoisotopic (exact) mass is 172 g/mol. The summed E-state index contributed by atoms with van der Waals surface area (Å²) in [6, 6.07) is 0. The summed E-state index contributed by atoms with van der Waals surface area (Å²) in [5, 5.41) is 2.16. The van der Waals surface area contributed by atoms with Gasteiger partial charge in [0, 0.05) is 7.11 Å². The molecule has 0 aliphatic heterocycles. The second kappa shape index (κ2) is 3.20. The van der Waals surface area contributed by atoms with Gasteiger partial charge in [0.15, 0.2) is 0 Å². The number of nitrogens with one attached hydrogen (secondary N) is 1. The Bertz CT molecular complexity index is 211. The Labute approximate surface area is 70.2 Å². The number of hydrogen-bond donors (Lipinski definition) is 2. The van der Waals surface area contributed by atoms with Crippen LogP contribution in [0.2, 0.25) is 0 Å². The summed E-state index contributed by atoms with van der Waals surface area (Å²) >= 11 is 0. The number of ether oxygens (including phenoxy) is 1. The van der Waals surface area contributed by atoms with Crippen LogP contribution in [0.15, 0.2) is 0 Å². The van der Waals surface area contributed by atoms with Crippen molar-refractivity contribution in [3.05, 3.63) is 0 Å². The van der Waals surface area contributed by atoms with Crippen LogP contribution in [0.3, 0.4) is 0 Å². The molecule has 0 unspecified atom stereocenters. The molecule has 2 amide bonds. The van der Waals surface area contributed by atoms with Crippen LogP contribution >= 0.6 is 0 Å². The minimum Gasteiger partial charge on any atom is -0.375 e. The smallest absolute Gasteiger partial charge is 0.252 e. The zero-order valence-electron chi connectivity index (χ0n) is 6.92. The molecule has 3 N–H and O–H groups in total. The fourth-order valence-corrected chi connectivity index (χ4v) is 0.780. The molecule has 1 aliphatic rings. The van der Waals surface area contributed by atoms with Gasteiger partial charge < -0.3 is 10.5 Å². The fraction of sp³-hybridized carbons (Fsp3) is 0.714. The number of methoxy groups -OCH3 is 1. The van der Waals surface area contributed by atoms with Crippen molar-refractivity contribution in [1.82, 2.24) is 5.32 Å². The van der Waals surface area contributed by atoms with E-state index in [4.69, 9.17) is 5.73 Å². The minimum absolute atomic E-state index is 0.109. The fourth-order valence-electron chi connectivity index (χ4n) is 0.780. The molecule has 1 rings (SSSR count). The molecule has 0 aromatic carbocycles. The largest absolute Gasteiger partial charge is 0.375 e. The average molecular weight is 172 g/mol. The van der Waals surface area contributed by atoms with E-state index in [9.17, 15) is 9.59 Å². The van der Waals surface area contributed by atoms with Gasteiger partial charge >= 0.3 is 0 Å². The Morgan fingerprint density at radius 3 is 2.58 bits per heavy atom. The van der Waals surface area contributed by atoms with Crippen molar-refractivity contribution in [3.63, 3.8) is 0 Å². The maximum atomic E-state index is 11.1. The van der Waals surface area contributed by atoms with Crippen LogP contribution in [-0.2, 0) is 14.3 Å². The predicted octanol–water partition coefficient (Wildman–Crippen LogP) is -1.23. The zero-order valence-corrected chi connectivity index (χ0v) is 6.92. The molecule has 1 fully saturated rings. The number of carbonyl (C=O) groups excluding carboxylic acids is 2. The maximum absolute atomic E-state index is 11.1. The Kier molecular flexibility index (Phi) is 2.44. The number of carbonyl (C=O) groups is 2. The van der Waals surface area contributed by atoms with E-state index in [1.807, 2.05) is 0 Å². The highest BCUT2D eigenvalue weighted by Gasteiger charge is 2.46. The van der Waals surface area contributed by atoms with Crippen LogP contribution < -0.4 is 11.1 Å². The lowest BCUT2D eigenvalue weighted by Crippen LogP contribution is -2.46. The summed E-state index contributed by atoms with van der Waals surface area (Å²) in [5.41, 5.74) is 4.74. The lowest BCUT2D eigenvalue weighted by molar-refractivity contribution is -0.133. The molecule has 0 spiro atoms. The topological polar surface area (TPSA) is 81.4 Å². The first-order chi connectivity index (χ1) is 5.58. The van der Waals surface area contributed by atoms with Crippen molar-refractivity contribution in [3.8, 4) is 0 Å². The van der Waals surface area contributed by atoms with Crippen LogP contribution in [0, 0.1) is 0 Å². The molecule has 0 aromatic heterocycles. The lowest BCUT2D eigenvalue weighted by atomic mass is 10.3. The molecule has 5 heteroatoms. The first-order valence-electron chi connectivity index (χ1n) is 3.70. The molecule has 0 bridgehead atoms. The molecule has 68 valence electrons. The number of nitrogens with two attached hydrogens (primary N) is 1. The van der Waals surface area contributed by atoms with Crippen molar-refractivity contribution in [2.24, 2.45) is 5.73 Å². The number of imide groups is 1. The Morgan fingerprint density at radius 2 is 2.17 bits per heavy atom. The van der Waals surface area contributed by atoms with E-state index in [-0.39, 0.29) is 6.61 Å². The first-order valence-corrected chi connectivity index (χ1v) is 3.70. The van der Waals surface area contributed by atoms with E-state index in [2.05, 4.69) is 10.1 Å². The molecule has 5 nitrogen and oxygen atoms in total. The van der Waals surface area contributed by atoms with Crippen LogP contribution in [0.25, 0.3) is 0 Å². The van der Waals surface area contributed by atoms with Gasteiger partial charge in [0.25, 0.3) is 5.91 Å². The van der Waals surface area contributed by atoms with Gasteiger partial charge in [-0.05, 0) is 12.8 Å². The molecular weight excluding hydrogens is 160 g/mol. The quantitative estimate of drug-likeness (QED) is 0.558. The molecule has 0 heterocycles. The van der Waals surface area contributed by atoms with Crippen molar-refractivity contribution in [2.45, 2.75) is 18.4 Å². The van der Waals surface area contributed by atoms with E-state index in [0.717, 1.165) is 0 Å². The van der Waals surface area contributed by atoms with Crippen molar-refractivity contribution in [1.29, 1.82) is 0 Å². The van der Waals surface area contributed by atoms with Crippen molar-refractivity contribution in [2.75, 3.05) is 13.7 Å². The predicted molar refractivity (Wildman–Crippen MR) is 41.2 cm³/mol. The van der Waals surface area contributed by atoms with Gasteiger partial charge in [-0.2, -0.15) is 0 Å². The van der Waals surface area contributed by atoms with Crippen molar-refractivity contribution >= 4 is 11.8 Å². The lowest BCUT2D eigenvalue weighted by Gasteiger charge is -2.07. The van der Waals surface area contributed by atoms with Gasteiger partial charge in [0.1, 0.15) is 6.61 Å². The molecule has 0 radical (unpaired) electrons. The number of hydrogen-bond acceptors (Lipinski definition) is 4. The molecule has 1 aliphatic carbocycles. The normalized spacial score (nSPS) is 18.5. The highest BCUT2D eigenvalue weighted by atomic mass is 16.5. The third-order valence-corrected chi connectivity index (χ3v) is 1.77. The van der Waals surface area contributed by atoms with Gasteiger partial charge in [-0.15, -0.1) is 0 Å². The van der Waals surface area contributed by atoms with E-state index in [1.54, 1.807) is 0 Å². The summed E-state index contributed by atoms with van der Waals surface area (Å²) in [6.45, 7) is -0.109. The molecule has 1 saturated carbocycles. The van der Waals surface area contributed by atoms with Gasteiger partial charge in [-0.3, -0.25) is 14.9 Å². The summed E-state index contributed by atoms with van der Waals surface area (Å²) < 4.78 is 4.53. The van der Waals surface area contributed by atoms with E-state index >= 15 is 0 Å². The number of rotatable bonds is 3. The third-order valence-electron chi connectivity index (χ3n) is 1.77. The van der Waals surface area contributed by atoms with Gasteiger partial charge in [0.2, 0.25) is 5.91 Å². The molecule has 12 heavy (non-hydrogen) atoms. The standard InChI is InChI=1S/C7H12N2O3/c1-12-4-5(10)9-6(11)7(8)2-3-7/h2-4,8H2,1H3,(H,9,10,11). The second-order valence-electron chi connectivity index (χ2n) is 2.97. The average Bonchev–Trinajstić information content (AvgIpc) is 2.69. The zero-order chi connectivity index (χ0) is 9.19. The highest BCUT2D eigenvalue weighted by molar-refractivity contribution is 6.01. The molecule has 0 atom stereocenters. The second-order valence-corrected chi connectivity index (χ2v) is 2.97. The summed E-state index contributed by atoms with van der Waals surface area (Å²) in [4.78, 5) is 21.9. The molecular formula is C7H12N2O3. The van der Waals surface area contributed by atoms with E-state index in [1.165, 1.54) is 7.11 Å². The van der Waals surface area contributed by atoms with E-state index < -0.39 is 17.4 Å². The van der Waals surface area contributed by atoms with Crippen molar-refractivity contribution < 1.29 is 14.3 Å². The molecule has 0 saturated heterocycles. The minimum atomic E-state index is -0.788. The van der Waals surface area contributed by atoms with Gasteiger partial charge in [-0.1, -0.05) is 0 Å². The van der Waals surface area contributed by atoms with Gasteiger partial charge in [0.05, 0.1) is 5.54 Å². The Morgan fingerprint density at radius 1 is 1.58 bits per heavy atom.